The molecule has 0 saturated carbocycles. The number of fused-ring (bicyclic) bond motifs is 7. The maximum atomic E-state index is 6.72. The Hall–Kier alpha value is -5.40. The molecule has 8 aromatic rings. The van der Waals surface area contributed by atoms with Crippen molar-refractivity contribution >= 4 is 32.5 Å². The fraction of sp³-hybridized carbons (Fsp3) is 0.0698. The molecule has 0 fully saturated rings. The molecule has 44 heavy (non-hydrogen) atoms. The van der Waals surface area contributed by atoms with Crippen LogP contribution in [0.3, 0.4) is 0 Å². The average molecular weight is 563 g/mol. The molecule has 0 saturated heterocycles. The van der Waals surface area contributed by atoms with Crippen LogP contribution in [0.1, 0.15) is 25.0 Å². The monoisotopic (exact) mass is 562 g/mol. The predicted octanol–water partition coefficient (Wildman–Crippen LogP) is 12.0. The van der Waals surface area contributed by atoms with Gasteiger partial charge in [-0.05, 0) is 66.6 Å². The van der Waals surface area contributed by atoms with Crippen LogP contribution in [0.15, 0.2) is 150 Å². The van der Waals surface area contributed by atoms with E-state index in [1.54, 1.807) is 0 Å². The summed E-state index contributed by atoms with van der Waals surface area (Å²) in [5.41, 5.74) is 12.1. The lowest BCUT2D eigenvalue weighted by molar-refractivity contribution is 0.619. The average Bonchev–Trinajstić information content (AvgIpc) is 3.57. The molecular weight excluding hydrogens is 532 g/mol. The van der Waals surface area contributed by atoms with Crippen molar-refractivity contribution in [3.05, 3.63) is 157 Å². The second-order valence-electron chi connectivity index (χ2n) is 12.4. The van der Waals surface area contributed by atoms with E-state index in [0.29, 0.717) is 0 Å². The first kappa shape index (κ1) is 25.1. The minimum Gasteiger partial charge on any atom is -0.456 e. The Morgan fingerprint density at radius 3 is 1.66 bits per heavy atom. The molecule has 1 aliphatic carbocycles. The van der Waals surface area contributed by atoms with Crippen LogP contribution in [-0.2, 0) is 5.41 Å². The number of hydrogen-bond donors (Lipinski definition) is 0. The van der Waals surface area contributed by atoms with Gasteiger partial charge < -0.3 is 4.42 Å². The molecule has 0 spiro atoms. The van der Waals surface area contributed by atoms with E-state index in [2.05, 4.69) is 159 Å². The summed E-state index contributed by atoms with van der Waals surface area (Å²) in [6, 6.07) is 52.8. The lowest BCUT2D eigenvalue weighted by Gasteiger charge is -2.21. The fourth-order valence-corrected chi connectivity index (χ4v) is 7.72. The molecule has 0 unspecified atom stereocenters. The Balaban J connectivity index is 1.33. The van der Waals surface area contributed by atoms with E-state index >= 15 is 0 Å². The molecule has 0 bridgehead atoms. The highest BCUT2D eigenvalue weighted by molar-refractivity contribution is 6.22. The van der Waals surface area contributed by atoms with Gasteiger partial charge in [0, 0.05) is 21.9 Å². The van der Waals surface area contributed by atoms with Gasteiger partial charge in [0.05, 0.1) is 0 Å². The first-order valence-corrected chi connectivity index (χ1v) is 15.4. The van der Waals surface area contributed by atoms with Crippen molar-refractivity contribution in [3.63, 3.8) is 0 Å². The van der Waals surface area contributed by atoms with E-state index in [4.69, 9.17) is 4.42 Å². The van der Waals surface area contributed by atoms with Crippen LogP contribution in [0.5, 0.6) is 0 Å². The summed E-state index contributed by atoms with van der Waals surface area (Å²) < 4.78 is 6.72. The molecular formula is C43H30O. The molecule has 0 aliphatic heterocycles. The Labute approximate surface area is 257 Å². The number of benzene rings is 7. The maximum absolute atomic E-state index is 6.72. The molecule has 0 N–H and O–H groups in total. The van der Waals surface area contributed by atoms with Gasteiger partial charge in [-0.15, -0.1) is 0 Å². The zero-order valence-electron chi connectivity index (χ0n) is 24.8. The smallest absolute Gasteiger partial charge is 0.139 e. The summed E-state index contributed by atoms with van der Waals surface area (Å²) in [7, 11) is 0. The quantitative estimate of drug-likeness (QED) is 0.195. The fourth-order valence-electron chi connectivity index (χ4n) is 7.72. The maximum Gasteiger partial charge on any atom is 0.139 e. The highest BCUT2D eigenvalue weighted by atomic mass is 16.3. The van der Waals surface area contributed by atoms with Gasteiger partial charge in [0.2, 0.25) is 0 Å². The Morgan fingerprint density at radius 2 is 0.977 bits per heavy atom. The van der Waals surface area contributed by atoms with Crippen molar-refractivity contribution in [3.8, 4) is 44.7 Å². The largest absolute Gasteiger partial charge is 0.456 e. The molecule has 1 nitrogen and oxygen atoms in total. The van der Waals surface area contributed by atoms with Crippen molar-refractivity contribution < 1.29 is 4.42 Å². The van der Waals surface area contributed by atoms with Crippen LogP contribution in [0.2, 0.25) is 0 Å². The molecule has 0 radical (unpaired) electrons. The van der Waals surface area contributed by atoms with Crippen molar-refractivity contribution in [2.45, 2.75) is 19.3 Å². The molecule has 1 aliphatic rings. The van der Waals surface area contributed by atoms with Gasteiger partial charge in [-0.1, -0.05) is 153 Å². The topological polar surface area (TPSA) is 13.1 Å². The van der Waals surface area contributed by atoms with E-state index in [9.17, 15) is 0 Å². The van der Waals surface area contributed by atoms with Gasteiger partial charge in [-0.3, -0.25) is 0 Å². The van der Waals surface area contributed by atoms with Gasteiger partial charge in [0.25, 0.3) is 0 Å². The van der Waals surface area contributed by atoms with Crippen LogP contribution >= 0.6 is 0 Å². The molecule has 208 valence electrons. The number of rotatable bonds is 3. The third-order valence-electron chi connectivity index (χ3n) is 9.66. The number of furan rings is 1. The van der Waals surface area contributed by atoms with Gasteiger partial charge in [0.15, 0.2) is 0 Å². The zero-order valence-corrected chi connectivity index (χ0v) is 24.8. The van der Waals surface area contributed by atoms with Crippen LogP contribution < -0.4 is 0 Å². The summed E-state index contributed by atoms with van der Waals surface area (Å²) in [4.78, 5) is 0. The van der Waals surface area contributed by atoms with E-state index in [1.807, 2.05) is 0 Å². The van der Waals surface area contributed by atoms with Gasteiger partial charge >= 0.3 is 0 Å². The predicted molar refractivity (Wildman–Crippen MR) is 185 cm³/mol. The van der Waals surface area contributed by atoms with Gasteiger partial charge in [0.1, 0.15) is 11.3 Å². The Morgan fingerprint density at radius 1 is 0.432 bits per heavy atom. The summed E-state index contributed by atoms with van der Waals surface area (Å²) in [5, 5.41) is 6.19. The summed E-state index contributed by atoms with van der Waals surface area (Å²) >= 11 is 0. The zero-order chi connectivity index (χ0) is 29.4. The van der Waals surface area contributed by atoms with E-state index < -0.39 is 0 Å². The van der Waals surface area contributed by atoms with E-state index in [1.165, 1.54) is 77.0 Å². The number of hydrogen-bond acceptors (Lipinski definition) is 1. The molecule has 1 aromatic heterocycles. The lowest BCUT2D eigenvalue weighted by atomic mass is 9.81. The van der Waals surface area contributed by atoms with Crippen LogP contribution in [0, 0.1) is 0 Å². The Kier molecular flexibility index (Phi) is 5.31. The van der Waals surface area contributed by atoms with Gasteiger partial charge in [-0.2, -0.15) is 0 Å². The second-order valence-corrected chi connectivity index (χ2v) is 12.4. The van der Waals surface area contributed by atoms with Crippen molar-refractivity contribution in [1.29, 1.82) is 0 Å². The molecule has 9 rings (SSSR count). The van der Waals surface area contributed by atoms with Gasteiger partial charge in [-0.25, -0.2) is 0 Å². The summed E-state index contributed by atoms with van der Waals surface area (Å²) in [5.74, 6) is 1.01. The van der Waals surface area contributed by atoms with Crippen LogP contribution in [0.25, 0.3) is 77.2 Å². The first-order valence-electron chi connectivity index (χ1n) is 15.4. The second kappa shape index (κ2) is 9.30. The minimum atomic E-state index is -0.105. The first-order chi connectivity index (χ1) is 21.6. The molecule has 0 atom stereocenters. The Bertz CT molecular complexity index is 2350. The van der Waals surface area contributed by atoms with Crippen LogP contribution in [0.4, 0.5) is 0 Å². The standard InChI is InChI=1S/C43H30O/c1-43(2)37-23-13-12-22-35(37)42-41(43)36-25-24-28(26-38(36)44-42)39-31-18-8-10-20-33(31)40(34-21-11-9-19-32(34)39)30-17-7-6-16-29(30)27-14-4-3-5-15-27/h3-26H,1-2H3. The van der Waals surface area contributed by atoms with Crippen LogP contribution in [-0.4, -0.2) is 0 Å². The SMILES string of the molecule is CC1(C)c2ccccc2-c2oc3cc(-c4c5ccccc5c(-c5ccccc5-c5ccccc5)c5ccccc45)ccc3c21. The highest BCUT2D eigenvalue weighted by Gasteiger charge is 2.40. The molecule has 1 heterocycles. The molecule has 1 heteroatoms. The van der Waals surface area contributed by atoms with E-state index in [0.717, 1.165) is 11.3 Å². The van der Waals surface area contributed by atoms with Crippen molar-refractivity contribution in [1.82, 2.24) is 0 Å². The molecule has 0 amide bonds. The lowest BCUT2D eigenvalue weighted by Crippen LogP contribution is -2.14. The third-order valence-corrected chi connectivity index (χ3v) is 9.66. The highest BCUT2D eigenvalue weighted by Crippen LogP contribution is 2.53. The normalized spacial score (nSPS) is 13.4. The minimum absolute atomic E-state index is 0.105. The van der Waals surface area contributed by atoms with Crippen molar-refractivity contribution in [2.24, 2.45) is 0 Å². The van der Waals surface area contributed by atoms with E-state index in [-0.39, 0.29) is 5.41 Å². The van der Waals surface area contributed by atoms with Crippen molar-refractivity contribution in [2.75, 3.05) is 0 Å². The molecule has 7 aromatic carbocycles. The summed E-state index contributed by atoms with van der Waals surface area (Å²) in [6.07, 6.45) is 0. The summed E-state index contributed by atoms with van der Waals surface area (Å²) in [6.45, 7) is 4.63. The third kappa shape index (κ3) is 3.47.